The zero-order valence-electron chi connectivity index (χ0n) is 18.3. The van der Waals surface area contributed by atoms with Gasteiger partial charge in [-0.2, -0.15) is 0 Å². The van der Waals surface area contributed by atoms with Gasteiger partial charge in [0, 0.05) is 30.4 Å². The number of piperidine rings is 1. The Morgan fingerprint density at radius 1 is 1.32 bits per heavy atom. The number of nitrogens with zero attached hydrogens (tertiary/aromatic N) is 4. The number of benzene rings is 1. The zero-order chi connectivity index (χ0) is 23.5. The maximum atomic E-state index is 11.9. The van der Waals surface area contributed by atoms with Crippen molar-refractivity contribution in [2.45, 2.75) is 25.4 Å². The predicted molar refractivity (Wildman–Crippen MR) is 134 cm³/mol. The fraction of sp³-hybridized carbons (Fsp3) is 0.250. The van der Waals surface area contributed by atoms with Crippen LogP contribution in [-0.4, -0.2) is 43.8 Å². The Kier molecular flexibility index (Phi) is 6.46. The van der Waals surface area contributed by atoms with Crippen LogP contribution in [0.1, 0.15) is 30.0 Å². The summed E-state index contributed by atoms with van der Waals surface area (Å²) in [5.74, 6) is 1.59. The first-order valence-electron chi connectivity index (χ1n) is 10.9. The molecule has 0 radical (unpaired) electrons. The molecule has 3 aromatic heterocycles. The predicted octanol–water partition coefficient (Wildman–Crippen LogP) is 5.28. The molecular formula is C24H23ClN6O2S. The van der Waals surface area contributed by atoms with Gasteiger partial charge in [0.15, 0.2) is 0 Å². The second-order valence-electron chi connectivity index (χ2n) is 8.03. The van der Waals surface area contributed by atoms with Crippen molar-refractivity contribution < 1.29 is 9.53 Å². The van der Waals surface area contributed by atoms with Gasteiger partial charge in [-0.15, -0.1) is 11.3 Å². The van der Waals surface area contributed by atoms with E-state index in [1.54, 1.807) is 5.51 Å². The first kappa shape index (κ1) is 22.4. The zero-order valence-corrected chi connectivity index (χ0v) is 19.9. The van der Waals surface area contributed by atoms with Crippen LogP contribution in [0.2, 0.25) is 5.02 Å². The smallest absolute Gasteiger partial charge is 0.245 e. The van der Waals surface area contributed by atoms with Crippen molar-refractivity contribution in [1.82, 2.24) is 24.8 Å². The molecule has 174 valence electrons. The monoisotopic (exact) mass is 494 g/mol. The third kappa shape index (κ3) is 4.62. The summed E-state index contributed by atoms with van der Waals surface area (Å²) in [4.78, 5) is 30.2. The number of ether oxygens (including phenoxy) is 1. The second kappa shape index (κ2) is 9.82. The van der Waals surface area contributed by atoms with Crippen LogP contribution in [0.15, 0.2) is 54.3 Å². The lowest BCUT2D eigenvalue weighted by Crippen LogP contribution is -2.36. The highest BCUT2D eigenvalue weighted by Crippen LogP contribution is 2.37. The Morgan fingerprint density at radius 2 is 2.18 bits per heavy atom. The number of carbonyl (C=O) groups excluding carboxylic acids is 1. The van der Waals surface area contributed by atoms with Crippen LogP contribution < -0.4 is 10.1 Å². The number of thiazole rings is 1. The van der Waals surface area contributed by atoms with Gasteiger partial charge in [0.1, 0.15) is 30.1 Å². The van der Waals surface area contributed by atoms with E-state index in [1.807, 2.05) is 34.7 Å². The number of aromatic nitrogens is 4. The van der Waals surface area contributed by atoms with Crippen molar-refractivity contribution in [2.75, 3.05) is 18.4 Å². The third-order valence-corrected chi connectivity index (χ3v) is 6.91. The largest absolute Gasteiger partial charge is 0.486 e. The molecule has 1 aromatic carbocycles. The van der Waals surface area contributed by atoms with Gasteiger partial charge < -0.3 is 19.9 Å². The molecule has 0 spiro atoms. The van der Waals surface area contributed by atoms with E-state index in [-0.39, 0.29) is 5.91 Å². The van der Waals surface area contributed by atoms with Crippen molar-refractivity contribution in [1.29, 1.82) is 0 Å². The van der Waals surface area contributed by atoms with E-state index in [2.05, 4.69) is 31.8 Å². The van der Waals surface area contributed by atoms with Gasteiger partial charge in [0.25, 0.3) is 0 Å². The highest BCUT2D eigenvalue weighted by atomic mass is 35.5. The summed E-state index contributed by atoms with van der Waals surface area (Å²) in [7, 11) is 0. The molecule has 10 heteroatoms. The number of H-pyrrole nitrogens is 1. The van der Waals surface area contributed by atoms with Gasteiger partial charge in [-0.05, 0) is 48.6 Å². The van der Waals surface area contributed by atoms with Crippen molar-refractivity contribution >= 4 is 51.4 Å². The molecule has 1 aliphatic rings. The highest BCUT2D eigenvalue weighted by Gasteiger charge is 2.26. The normalized spacial score (nSPS) is 14.3. The molecule has 8 nitrogen and oxygen atoms in total. The van der Waals surface area contributed by atoms with Crippen LogP contribution in [-0.2, 0) is 11.4 Å². The van der Waals surface area contributed by atoms with Crippen LogP contribution in [0.25, 0.3) is 11.0 Å². The molecule has 1 fully saturated rings. The molecule has 1 aliphatic heterocycles. The number of hydrogen-bond acceptors (Lipinski definition) is 7. The lowest BCUT2D eigenvalue weighted by atomic mass is 9.89. The first-order chi connectivity index (χ1) is 16.6. The van der Waals surface area contributed by atoms with Gasteiger partial charge in [-0.3, -0.25) is 4.79 Å². The number of likely N-dealkylation sites (tertiary alicyclic amines) is 1. The maximum Gasteiger partial charge on any atom is 0.245 e. The fourth-order valence-electron chi connectivity index (χ4n) is 4.24. The molecule has 4 heterocycles. The lowest BCUT2D eigenvalue weighted by Gasteiger charge is -2.31. The number of fused-ring (bicyclic) bond motifs is 1. The number of amides is 1. The van der Waals surface area contributed by atoms with E-state index in [0.29, 0.717) is 42.2 Å². The number of carbonyl (C=O) groups is 1. The van der Waals surface area contributed by atoms with Crippen molar-refractivity contribution in [3.63, 3.8) is 0 Å². The Balaban J connectivity index is 1.34. The third-order valence-electron chi connectivity index (χ3n) is 5.98. The maximum absolute atomic E-state index is 11.9. The number of halogens is 1. The van der Waals surface area contributed by atoms with E-state index < -0.39 is 0 Å². The summed E-state index contributed by atoms with van der Waals surface area (Å²) < 4.78 is 5.80. The van der Waals surface area contributed by atoms with Gasteiger partial charge >= 0.3 is 0 Å². The standard InChI is InChI=1S/C24H23ClN6O2S/c1-2-21(32)31-7-5-15(6-8-31)18-10-26-23-22(18)24(28-13-27-23)30-16-3-4-20(19(25)9-16)33-11-17-12-34-14-29-17/h2-4,9-10,12-15H,1,5-8,11H2,(H2,26,27,28,30). The Hall–Kier alpha value is -3.43. The van der Waals surface area contributed by atoms with E-state index in [1.165, 1.54) is 23.7 Å². The van der Waals surface area contributed by atoms with Gasteiger partial charge in [0.05, 0.1) is 21.6 Å². The minimum Gasteiger partial charge on any atom is -0.486 e. The number of hydrogen-bond donors (Lipinski definition) is 2. The van der Waals surface area contributed by atoms with E-state index in [4.69, 9.17) is 16.3 Å². The average molecular weight is 495 g/mol. The molecule has 4 aromatic rings. The summed E-state index contributed by atoms with van der Waals surface area (Å²) >= 11 is 8.00. The Labute approximate surface area is 205 Å². The summed E-state index contributed by atoms with van der Waals surface area (Å²) in [5, 5.41) is 6.78. The molecule has 1 saturated heterocycles. The van der Waals surface area contributed by atoms with Crippen LogP contribution in [0, 0.1) is 0 Å². The average Bonchev–Trinajstić information content (AvgIpc) is 3.54. The van der Waals surface area contributed by atoms with Gasteiger partial charge in [0.2, 0.25) is 5.91 Å². The van der Waals surface area contributed by atoms with E-state index in [9.17, 15) is 4.79 Å². The van der Waals surface area contributed by atoms with E-state index in [0.717, 1.165) is 40.8 Å². The Bertz CT molecular complexity index is 1310. The van der Waals surface area contributed by atoms with Crippen LogP contribution in [0.4, 0.5) is 11.5 Å². The van der Waals surface area contributed by atoms with Crippen molar-refractivity contribution in [2.24, 2.45) is 0 Å². The Morgan fingerprint density at radius 3 is 2.91 bits per heavy atom. The molecule has 0 unspecified atom stereocenters. The molecule has 0 aliphatic carbocycles. The quantitative estimate of drug-likeness (QED) is 0.339. The number of nitrogens with one attached hydrogen (secondary N) is 2. The summed E-state index contributed by atoms with van der Waals surface area (Å²) in [5.41, 5.74) is 5.36. The number of rotatable bonds is 7. The summed E-state index contributed by atoms with van der Waals surface area (Å²) in [6.45, 7) is 5.37. The molecule has 5 rings (SSSR count). The highest BCUT2D eigenvalue weighted by molar-refractivity contribution is 7.07. The molecule has 1 amide bonds. The topological polar surface area (TPSA) is 96.0 Å². The van der Waals surface area contributed by atoms with E-state index >= 15 is 0 Å². The van der Waals surface area contributed by atoms with Crippen LogP contribution in [0.3, 0.4) is 0 Å². The van der Waals surface area contributed by atoms with Crippen LogP contribution in [0.5, 0.6) is 5.75 Å². The molecule has 2 N–H and O–H groups in total. The number of aromatic amines is 1. The molecule has 34 heavy (non-hydrogen) atoms. The van der Waals surface area contributed by atoms with Gasteiger partial charge in [-0.1, -0.05) is 18.2 Å². The minimum atomic E-state index is -0.0149. The molecular weight excluding hydrogens is 472 g/mol. The molecule has 0 bridgehead atoms. The minimum absolute atomic E-state index is 0.0149. The van der Waals surface area contributed by atoms with Crippen molar-refractivity contribution in [3.05, 3.63) is 70.5 Å². The SMILES string of the molecule is C=CC(=O)N1CCC(c2c[nH]c3ncnc(Nc4ccc(OCc5cscn5)c(Cl)c4)c23)CC1. The van der Waals surface area contributed by atoms with Crippen LogP contribution >= 0.6 is 22.9 Å². The van der Waals surface area contributed by atoms with Crippen molar-refractivity contribution in [3.8, 4) is 5.75 Å². The summed E-state index contributed by atoms with van der Waals surface area (Å²) in [6, 6.07) is 5.55. The fourth-order valence-corrected chi connectivity index (χ4v) is 5.01. The first-order valence-corrected chi connectivity index (χ1v) is 12.2. The lowest BCUT2D eigenvalue weighted by molar-refractivity contribution is -0.127. The molecule has 0 saturated carbocycles. The molecule has 0 atom stereocenters. The van der Waals surface area contributed by atoms with Gasteiger partial charge in [-0.25, -0.2) is 15.0 Å². The number of anilines is 2. The summed E-state index contributed by atoms with van der Waals surface area (Å²) in [6.07, 6.45) is 6.66. The second-order valence-corrected chi connectivity index (χ2v) is 9.16.